The molecule has 5 nitrogen and oxygen atoms in total. The predicted molar refractivity (Wildman–Crippen MR) is 81.1 cm³/mol. The van der Waals surface area contributed by atoms with Crippen molar-refractivity contribution >= 4 is 11.9 Å². The molecule has 5 heteroatoms. The lowest BCUT2D eigenvalue weighted by Crippen LogP contribution is -2.55. The number of aliphatic hydroxyl groups is 1. The molecule has 0 spiro atoms. The summed E-state index contributed by atoms with van der Waals surface area (Å²) in [6, 6.07) is 0. The number of hydrogen-bond donors (Lipinski definition) is 2. The van der Waals surface area contributed by atoms with Crippen molar-refractivity contribution in [3.8, 4) is 0 Å². The molecular weight excluding hydrogens is 284 g/mol. The molecule has 0 amide bonds. The molecule has 2 saturated carbocycles. The first-order valence-corrected chi connectivity index (χ1v) is 7.87. The number of esters is 1. The molecule has 2 rings (SSSR count). The van der Waals surface area contributed by atoms with Crippen LogP contribution in [0.4, 0.5) is 0 Å². The molecule has 0 heterocycles. The maximum atomic E-state index is 11.2. The number of aliphatic carboxylic acids is 1. The molecular formula is C17H26O5. The van der Waals surface area contributed by atoms with Gasteiger partial charge in [0.1, 0.15) is 6.10 Å². The zero-order valence-corrected chi connectivity index (χ0v) is 13.6. The zero-order chi connectivity index (χ0) is 16.7. The van der Waals surface area contributed by atoms with Crippen LogP contribution in [0.2, 0.25) is 0 Å². The Balaban J connectivity index is 2.19. The minimum absolute atomic E-state index is 0.0124. The van der Waals surface area contributed by atoms with E-state index in [1.54, 1.807) is 6.92 Å². The van der Waals surface area contributed by atoms with Crippen molar-refractivity contribution in [2.45, 2.75) is 64.6 Å². The molecule has 0 aromatic carbocycles. The molecule has 0 bridgehead atoms. The van der Waals surface area contributed by atoms with Gasteiger partial charge in [0.25, 0.3) is 0 Å². The van der Waals surface area contributed by atoms with Gasteiger partial charge >= 0.3 is 11.9 Å². The molecule has 2 fully saturated rings. The zero-order valence-electron chi connectivity index (χ0n) is 13.6. The lowest BCUT2D eigenvalue weighted by atomic mass is 9.52. The Kier molecular flexibility index (Phi) is 4.39. The number of carboxylic acid groups (broad SMARTS) is 1. The van der Waals surface area contributed by atoms with Gasteiger partial charge < -0.3 is 14.9 Å². The molecule has 0 aromatic heterocycles. The highest BCUT2D eigenvalue weighted by atomic mass is 16.5. The molecule has 0 aliphatic heterocycles. The Morgan fingerprint density at radius 2 is 1.91 bits per heavy atom. The van der Waals surface area contributed by atoms with Gasteiger partial charge in [0.2, 0.25) is 0 Å². The van der Waals surface area contributed by atoms with Crippen molar-refractivity contribution in [1.29, 1.82) is 0 Å². The third kappa shape index (κ3) is 3.19. The summed E-state index contributed by atoms with van der Waals surface area (Å²) >= 11 is 0. The largest absolute Gasteiger partial charge is 0.478 e. The maximum absolute atomic E-state index is 11.2. The van der Waals surface area contributed by atoms with Crippen molar-refractivity contribution in [3.63, 3.8) is 0 Å². The van der Waals surface area contributed by atoms with Crippen molar-refractivity contribution in [2.24, 2.45) is 17.3 Å². The second kappa shape index (κ2) is 5.69. The van der Waals surface area contributed by atoms with E-state index in [0.717, 1.165) is 19.3 Å². The number of fused-ring (bicyclic) bond motifs is 1. The van der Waals surface area contributed by atoms with Crippen LogP contribution >= 0.6 is 0 Å². The number of carbonyl (C=O) groups is 2. The molecule has 0 radical (unpaired) electrons. The minimum Gasteiger partial charge on any atom is -0.478 e. The minimum atomic E-state index is -0.968. The highest BCUT2D eigenvalue weighted by Crippen LogP contribution is 2.56. The molecule has 0 aromatic rings. The van der Waals surface area contributed by atoms with E-state index in [9.17, 15) is 14.7 Å². The van der Waals surface area contributed by atoms with Crippen LogP contribution in [0.25, 0.3) is 0 Å². The summed E-state index contributed by atoms with van der Waals surface area (Å²) in [5, 5.41) is 20.0. The van der Waals surface area contributed by atoms with Gasteiger partial charge in [0.05, 0.1) is 5.60 Å². The fourth-order valence-corrected chi connectivity index (χ4v) is 4.62. The predicted octanol–water partition coefficient (Wildman–Crippen LogP) is 2.53. The summed E-state index contributed by atoms with van der Waals surface area (Å²) in [7, 11) is 0. The molecule has 0 saturated heterocycles. The van der Waals surface area contributed by atoms with Crippen LogP contribution in [0.3, 0.4) is 0 Å². The average Bonchev–Trinajstić information content (AvgIpc) is 2.35. The standard InChI is InChI=1S/C17H26O5/c1-10(15(19)20)12-5-6-16(3)8-13(22-11(2)18)9-17(4,21)14(16)7-12/h12-14,21H,1,5-9H2,2-4H3,(H,19,20)/t12-,13-,14-,16+,17-/m1/s1. The summed E-state index contributed by atoms with van der Waals surface area (Å²) in [4.78, 5) is 22.4. The summed E-state index contributed by atoms with van der Waals surface area (Å²) in [6.45, 7) is 8.96. The molecule has 2 aliphatic rings. The highest BCUT2D eigenvalue weighted by Gasteiger charge is 2.54. The van der Waals surface area contributed by atoms with E-state index in [-0.39, 0.29) is 34.9 Å². The van der Waals surface area contributed by atoms with Gasteiger partial charge in [-0.05, 0) is 49.9 Å². The van der Waals surface area contributed by atoms with Crippen LogP contribution in [0.5, 0.6) is 0 Å². The van der Waals surface area contributed by atoms with Crippen LogP contribution in [0, 0.1) is 17.3 Å². The van der Waals surface area contributed by atoms with Gasteiger partial charge in [0, 0.05) is 18.9 Å². The summed E-state index contributed by atoms with van der Waals surface area (Å²) in [5.41, 5.74) is -0.873. The lowest BCUT2D eigenvalue weighted by molar-refractivity contribution is -0.179. The summed E-state index contributed by atoms with van der Waals surface area (Å²) < 4.78 is 5.34. The third-order valence-electron chi connectivity index (χ3n) is 5.61. The first-order chi connectivity index (χ1) is 10.0. The van der Waals surface area contributed by atoms with Gasteiger partial charge in [0.15, 0.2) is 0 Å². The highest BCUT2D eigenvalue weighted by molar-refractivity contribution is 5.86. The average molecular weight is 310 g/mol. The second-order valence-corrected chi connectivity index (χ2v) is 7.51. The molecule has 124 valence electrons. The van der Waals surface area contributed by atoms with Crippen LogP contribution in [-0.4, -0.2) is 33.9 Å². The van der Waals surface area contributed by atoms with E-state index in [1.807, 2.05) is 0 Å². The second-order valence-electron chi connectivity index (χ2n) is 7.51. The van der Waals surface area contributed by atoms with Gasteiger partial charge in [-0.3, -0.25) is 4.79 Å². The molecule has 22 heavy (non-hydrogen) atoms. The van der Waals surface area contributed by atoms with Gasteiger partial charge in [-0.15, -0.1) is 0 Å². The number of ether oxygens (including phenoxy) is 1. The van der Waals surface area contributed by atoms with Crippen molar-refractivity contribution in [3.05, 3.63) is 12.2 Å². The van der Waals surface area contributed by atoms with Crippen molar-refractivity contribution in [2.75, 3.05) is 0 Å². The number of rotatable bonds is 3. The van der Waals surface area contributed by atoms with E-state index in [4.69, 9.17) is 9.84 Å². The Morgan fingerprint density at radius 1 is 1.27 bits per heavy atom. The van der Waals surface area contributed by atoms with E-state index in [0.29, 0.717) is 12.8 Å². The van der Waals surface area contributed by atoms with E-state index < -0.39 is 11.6 Å². The Hall–Kier alpha value is -1.36. The third-order valence-corrected chi connectivity index (χ3v) is 5.61. The van der Waals surface area contributed by atoms with E-state index in [2.05, 4.69) is 13.5 Å². The first-order valence-electron chi connectivity index (χ1n) is 7.87. The smallest absolute Gasteiger partial charge is 0.331 e. The Labute approximate surface area is 131 Å². The van der Waals surface area contributed by atoms with Crippen LogP contribution in [0.15, 0.2) is 12.2 Å². The van der Waals surface area contributed by atoms with Crippen molar-refractivity contribution < 1.29 is 24.5 Å². The summed E-state index contributed by atoms with van der Waals surface area (Å²) in [5.74, 6) is -1.38. The summed E-state index contributed by atoms with van der Waals surface area (Å²) in [6.07, 6.45) is 3.04. The van der Waals surface area contributed by atoms with E-state index in [1.165, 1.54) is 6.92 Å². The Morgan fingerprint density at radius 3 is 2.45 bits per heavy atom. The maximum Gasteiger partial charge on any atom is 0.331 e. The fourth-order valence-electron chi connectivity index (χ4n) is 4.62. The molecule has 2 aliphatic carbocycles. The molecule has 0 unspecified atom stereocenters. The van der Waals surface area contributed by atoms with Crippen LogP contribution < -0.4 is 0 Å². The van der Waals surface area contributed by atoms with E-state index >= 15 is 0 Å². The number of carboxylic acids is 1. The Bertz CT molecular complexity index is 495. The fraction of sp³-hybridized carbons (Fsp3) is 0.765. The first kappa shape index (κ1) is 17.0. The monoisotopic (exact) mass is 310 g/mol. The molecule has 2 N–H and O–H groups in total. The number of hydrogen-bond acceptors (Lipinski definition) is 4. The SMILES string of the molecule is C=C(C(=O)O)[C@@H]1CC[C@@]2(C)C[C@@H](OC(C)=O)C[C@@](C)(O)[C@@H]2C1. The van der Waals surface area contributed by atoms with Gasteiger partial charge in [-0.2, -0.15) is 0 Å². The molecule has 5 atom stereocenters. The van der Waals surface area contributed by atoms with Crippen LogP contribution in [0.1, 0.15) is 52.9 Å². The van der Waals surface area contributed by atoms with Crippen LogP contribution in [-0.2, 0) is 14.3 Å². The van der Waals surface area contributed by atoms with Gasteiger partial charge in [-0.1, -0.05) is 13.5 Å². The lowest BCUT2D eigenvalue weighted by Gasteiger charge is -2.55. The normalized spacial score (nSPS) is 41.4. The van der Waals surface area contributed by atoms with Gasteiger partial charge in [-0.25, -0.2) is 4.79 Å². The van der Waals surface area contributed by atoms with Crippen molar-refractivity contribution in [1.82, 2.24) is 0 Å². The quantitative estimate of drug-likeness (QED) is 0.618. The number of carbonyl (C=O) groups excluding carboxylic acids is 1. The topological polar surface area (TPSA) is 83.8 Å².